The van der Waals surface area contributed by atoms with Crippen LogP contribution >= 0.6 is 0 Å². The van der Waals surface area contributed by atoms with Crippen molar-refractivity contribution in [3.63, 3.8) is 0 Å². The van der Waals surface area contributed by atoms with Gasteiger partial charge in [0.25, 0.3) is 0 Å². The number of carbonyl (C=O) groups excluding carboxylic acids is 1. The molecule has 0 spiro atoms. The highest BCUT2D eigenvalue weighted by atomic mass is 16.5. The van der Waals surface area contributed by atoms with Crippen LogP contribution in [0.5, 0.6) is 0 Å². The number of carbonyl (C=O) groups is 1. The van der Waals surface area contributed by atoms with Crippen LogP contribution in [0, 0.1) is 12.8 Å². The maximum absolute atomic E-state index is 12.4. The highest BCUT2D eigenvalue weighted by molar-refractivity contribution is 5.81. The first-order valence-corrected chi connectivity index (χ1v) is 9.44. The van der Waals surface area contributed by atoms with Gasteiger partial charge < -0.3 is 9.15 Å². The normalized spacial score (nSPS) is 26.0. The zero-order valence-electron chi connectivity index (χ0n) is 15.4. The second kappa shape index (κ2) is 6.88. The third-order valence-corrected chi connectivity index (χ3v) is 6.03. The Morgan fingerprint density at radius 3 is 2.88 bits per heavy atom. The van der Waals surface area contributed by atoms with Gasteiger partial charge in [0.1, 0.15) is 11.6 Å². The van der Waals surface area contributed by atoms with Crippen LogP contribution < -0.4 is 5.63 Å². The molecule has 1 saturated heterocycles. The third kappa shape index (κ3) is 3.05. The van der Waals surface area contributed by atoms with Crippen molar-refractivity contribution in [3.8, 4) is 0 Å². The van der Waals surface area contributed by atoms with Gasteiger partial charge in [-0.15, -0.1) is 0 Å². The van der Waals surface area contributed by atoms with E-state index in [-0.39, 0.29) is 17.6 Å². The number of likely N-dealkylation sites (tertiary alicyclic amines) is 1. The van der Waals surface area contributed by atoms with Crippen molar-refractivity contribution in [1.82, 2.24) is 4.90 Å². The lowest BCUT2D eigenvalue weighted by molar-refractivity contribution is -0.146. The number of nitrogens with zero attached hydrogens (tertiary/aromatic N) is 1. The largest absolute Gasteiger partial charge is 0.468 e. The van der Waals surface area contributed by atoms with Crippen LogP contribution in [-0.4, -0.2) is 30.1 Å². The number of aryl methyl sites for hydroxylation is 1. The van der Waals surface area contributed by atoms with E-state index in [1.54, 1.807) is 6.07 Å². The van der Waals surface area contributed by atoms with Crippen molar-refractivity contribution >= 4 is 16.9 Å². The van der Waals surface area contributed by atoms with Crippen molar-refractivity contribution < 1.29 is 13.9 Å². The van der Waals surface area contributed by atoms with E-state index in [0.29, 0.717) is 24.1 Å². The number of ether oxygens (including phenoxy) is 1. The Hall–Kier alpha value is -2.14. The van der Waals surface area contributed by atoms with Crippen LogP contribution in [-0.2, 0) is 16.1 Å². The maximum atomic E-state index is 12.4. The number of fused-ring (bicyclic) bond motifs is 2. The summed E-state index contributed by atoms with van der Waals surface area (Å²) in [6, 6.07) is 7.66. The fourth-order valence-electron chi connectivity index (χ4n) is 4.81. The molecule has 2 fully saturated rings. The van der Waals surface area contributed by atoms with Gasteiger partial charge in [-0.1, -0.05) is 25.0 Å². The lowest BCUT2D eigenvalue weighted by Gasteiger charge is -2.33. The minimum Gasteiger partial charge on any atom is -0.468 e. The maximum Gasteiger partial charge on any atom is 0.336 e. The summed E-state index contributed by atoms with van der Waals surface area (Å²) in [5.41, 5.74) is 2.25. The molecule has 0 unspecified atom stereocenters. The monoisotopic (exact) mass is 355 g/mol. The fourth-order valence-corrected chi connectivity index (χ4v) is 4.81. The van der Waals surface area contributed by atoms with Gasteiger partial charge in [0.2, 0.25) is 0 Å². The second-order valence-corrected chi connectivity index (χ2v) is 7.65. The molecule has 1 aromatic carbocycles. The average molecular weight is 355 g/mol. The van der Waals surface area contributed by atoms with Gasteiger partial charge in [-0.25, -0.2) is 4.79 Å². The summed E-state index contributed by atoms with van der Waals surface area (Å²) in [5, 5.41) is 0.943. The first-order chi connectivity index (χ1) is 12.6. The Kier molecular flexibility index (Phi) is 4.57. The predicted octanol–water partition coefficient (Wildman–Crippen LogP) is 3.41. The van der Waals surface area contributed by atoms with E-state index >= 15 is 0 Å². The lowest BCUT2D eigenvalue weighted by atomic mass is 9.84. The molecule has 0 N–H and O–H groups in total. The molecule has 0 radical (unpaired) electrons. The van der Waals surface area contributed by atoms with Gasteiger partial charge in [-0.3, -0.25) is 9.69 Å². The van der Waals surface area contributed by atoms with Crippen molar-refractivity contribution in [2.24, 2.45) is 5.92 Å². The van der Waals surface area contributed by atoms with Crippen LogP contribution in [0.15, 0.2) is 33.5 Å². The SMILES string of the molecule is COC(=O)[C@@H]1C[C@H]2CCCC[C@@H]2N1Cc1cc(=O)oc2cc(C)ccc12. The standard InChI is InChI=1S/C21H25NO4/c1-13-7-8-16-15(11-20(23)26-19(16)9-13)12-22-17-6-4-3-5-14(17)10-18(22)21(24)25-2/h7-9,11,14,17-18H,3-6,10,12H2,1-2H3/t14-,17+,18+/m1/s1. The Bertz CT molecular complexity index is 887. The van der Waals surface area contributed by atoms with Gasteiger partial charge in [0.15, 0.2) is 0 Å². The molecule has 0 bridgehead atoms. The number of benzene rings is 1. The van der Waals surface area contributed by atoms with Crippen LogP contribution in [0.2, 0.25) is 0 Å². The van der Waals surface area contributed by atoms with Gasteiger partial charge >= 0.3 is 11.6 Å². The topological polar surface area (TPSA) is 59.8 Å². The summed E-state index contributed by atoms with van der Waals surface area (Å²) in [4.78, 5) is 26.7. The van der Waals surface area contributed by atoms with E-state index in [2.05, 4.69) is 4.90 Å². The first-order valence-electron chi connectivity index (χ1n) is 9.44. The Labute approximate surface area is 152 Å². The summed E-state index contributed by atoms with van der Waals surface area (Å²) in [5.74, 6) is 0.379. The van der Waals surface area contributed by atoms with E-state index in [0.717, 1.165) is 29.4 Å². The zero-order valence-corrected chi connectivity index (χ0v) is 15.4. The minimum atomic E-state index is -0.341. The molecule has 1 aromatic heterocycles. The number of rotatable bonds is 3. The Morgan fingerprint density at radius 1 is 1.27 bits per heavy atom. The van der Waals surface area contributed by atoms with Crippen molar-refractivity contribution in [1.29, 1.82) is 0 Å². The highest BCUT2D eigenvalue weighted by Gasteiger charge is 2.45. The van der Waals surface area contributed by atoms with E-state index in [1.165, 1.54) is 26.4 Å². The summed E-state index contributed by atoms with van der Waals surface area (Å²) in [7, 11) is 1.46. The summed E-state index contributed by atoms with van der Waals surface area (Å²) >= 11 is 0. The molecule has 2 aromatic rings. The summed E-state index contributed by atoms with van der Waals surface area (Å²) < 4.78 is 10.5. The summed E-state index contributed by atoms with van der Waals surface area (Å²) in [6.07, 6.45) is 5.57. The Morgan fingerprint density at radius 2 is 2.08 bits per heavy atom. The van der Waals surface area contributed by atoms with Crippen molar-refractivity contribution in [2.45, 2.75) is 57.7 Å². The highest BCUT2D eigenvalue weighted by Crippen LogP contribution is 2.41. The van der Waals surface area contributed by atoms with Gasteiger partial charge in [0, 0.05) is 24.0 Å². The molecular formula is C21H25NO4. The molecule has 1 saturated carbocycles. The number of hydrogen-bond acceptors (Lipinski definition) is 5. The van der Waals surface area contributed by atoms with E-state index in [9.17, 15) is 9.59 Å². The third-order valence-electron chi connectivity index (χ3n) is 6.03. The zero-order chi connectivity index (χ0) is 18.3. The molecule has 4 rings (SSSR count). The molecule has 138 valence electrons. The first kappa shape index (κ1) is 17.3. The fraction of sp³-hybridized carbons (Fsp3) is 0.524. The number of methoxy groups -OCH3 is 1. The Balaban J connectivity index is 1.73. The smallest absolute Gasteiger partial charge is 0.336 e. The van der Waals surface area contributed by atoms with E-state index in [4.69, 9.17) is 9.15 Å². The molecule has 1 aliphatic carbocycles. The van der Waals surface area contributed by atoms with E-state index < -0.39 is 0 Å². The minimum absolute atomic E-state index is 0.164. The molecule has 26 heavy (non-hydrogen) atoms. The van der Waals surface area contributed by atoms with Crippen LogP contribution in [0.3, 0.4) is 0 Å². The summed E-state index contributed by atoms with van der Waals surface area (Å²) in [6.45, 7) is 2.55. The average Bonchev–Trinajstić information content (AvgIpc) is 2.99. The van der Waals surface area contributed by atoms with Crippen LogP contribution in [0.4, 0.5) is 0 Å². The number of hydrogen-bond donors (Lipinski definition) is 0. The molecule has 0 amide bonds. The van der Waals surface area contributed by atoms with Gasteiger partial charge in [-0.2, -0.15) is 0 Å². The molecule has 5 heteroatoms. The van der Waals surface area contributed by atoms with Crippen molar-refractivity contribution in [3.05, 3.63) is 45.8 Å². The van der Waals surface area contributed by atoms with Gasteiger partial charge in [-0.05, 0) is 49.3 Å². The quantitative estimate of drug-likeness (QED) is 0.624. The molecule has 2 heterocycles. The second-order valence-electron chi connectivity index (χ2n) is 7.65. The molecule has 5 nitrogen and oxygen atoms in total. The van der Waals surface area contributed by atoms with Crippen LogP contribution in [0.1, 0.15) is 43.2 Å². The van der Waals surface area contributed by atoms with Crippen LogP contribution in [0.25, 0.3) is 11.0 Å². The predicted molar refractivity (Wildman–Crippen MR) is 98.9 cm³/mol. The van der Waals surface area contributed by atoms with Crippen molar-refractivity contribution in [2.75, 3.05) is 7.11 Å². The van der Waals surface area contributed by atoms with Gasteiger partial charge in [0.05, 0.1) is 7.11 Å². The molecule has 2 aliphatic rings. The lowest BCUT2D eigenvalue weighted by Crippen LogP contribution is -2.42. The van der Waals surface area contributed by atoms with E-state index in [1.807, 2.05) is 25.1 Å². The molecule has 1 aliphatic heterocycles. The number of esters is 1. The molecule has 3 atom stereocenters. The molecular weight excluding hydrogens is 330 g/mol.